The second-order valence-electron chi connectivity index (χ2n) is 4.26. The van der Waals surface area contributed by atoms with Gasteiger partial charge in [-0.25, -0.2) is 4.79 Å². The van der Waals surface area contributed by atoms with Crippen LogP contribution in [0.1, 0.15) is 6.42 Å². The normalized spacial score (nSPS) is 19.2. The first kappa shape index (κ1) is 12.9. The fourth-order valence-electron chi connectivity index (χ4n) is 1.86. The van der Waals surface area contributed by atoms with Gasteiger partial charge >= 0.3 is 6.03 Å². The van der Waals surface area contributed by atoms with Gasteiger partial charge in [0.05, 0.1) is 13.2 Å². The Kier molecular flexibility index (Phi) is 4.99. The number of hydrogen-bond acceptors (Lipinski definition) is 3. The van der Waals surface area contributed by atoms with Crippen LogP contribution in [-0.4, -0.2) is 38.4 Å². The zero-order valence-electron chi connectivity index (χ0n) is 10.3. The van der Waals surface area contributed by atoms with E-state index in [0.717, 1.165) is 31.9 Å². The standard InChI is InChI=1S/C13H19N3O2/c17-13(16-11-4-2-1-3-5-11)15-7-6-12-10-18-9-8-14-12/h1-5,12,14H,6-10H2,(H2,15,16,17). The quantitative estimate of drug-likeness (QED) is 0.751. The Hall–Kier alpha value is -1.59. The third-order valence-electron chi connectivity index (χ3n) is 2.81. The molecule has 1 aromatic rings. The van der Waals surface area contributed by atoms with E-state index < -0.39 is 0 Å². The van der Waals surface area contributed by atoms with E-state index in [4.69, 9.17) is 4.74 Å². The first-order valence-electron chi connectivity index (χ1n) is 6.25. The molecule has 18 heavy (non-hydrogen) atoms. The summed E-state index contributed by atoms with van der Waals surface area (Å²) >= 11 is 0. The van der Waals surface area contributed by atoms with Crippen molar-refractivity contribution in [3.63, 3.8) is 0 Å². The maximum absolute atomic E-state index is 11.6. The molecule has 0 saturated carbocycles. The lowest BCUT2D eigenvalue weighted by Crippen LogP contribution is -2.43. The molecule has 1 unspecified atom stereocenters. The van der Waals surface area contributed by atoms with E-state index in [2.05, 4.69) is 16.0 Å². The Morgan fingerprint density at radius 1 is 1.39 bits per heavy atom. The molecule has 0 spiro atoms. The number of para-hydroxylation sites is 1. The average Bonchev–Trinajstić information content (AvgIpc) is 2.41. The third kappa shape index (κ3) is 4.35. The number of anilines is 1. The number of ether oxygens (including phenoxy) is 1. The van der Waals surface area contributed by atoms with Crippen LogP contribution in [0.4, 0.5) is 10.5 Å². The van der Waals surface area contributed by atoms with Crippen molar-refractivity contribution in [3.8, 4) is 0 Å². The van der Waals surface area contributed by atoms with Gasteiger partial charge in [-0.1, -0.05) is 18.2 Å². The number of carbonyl (C=O) groups is 1. The molecule has 1 saturated heterocycles. The van der Waals surface area contributed by atoms with Gasteiger partial charge in [0.25, 0.3) is 0 Å². The zero-order chi connectivity index (χ0) is 12.6. The molecule has 0 aromatic heterocycles. The maximum atomic E-state index is 11.6. The molecule has 2 amide bonds. The topological polar surface area (TPSA) is 62.4 Å². The summed E-state index contributed by atoms with van der Waals surface area (Å²) in [5.41, 5.74) is 0.800. The molecule has 0 bridgehead atoms. The van der Waals surface area contributed by atoms with Gasteiger partial charge in [-0.05, 0) is 18.6 Å². The largest absolute Gasteiger partial charge is 0.379 e. The van der Waals surface area contributed by atoms with E-state index >= 15 is 0 Å². The number of urea groups is 1. The number of rotatable bonds is 4. The highest BCUT2D eigenvalue weighted by Gasteiger charge is 2.12. The first-order valence-corrected chi connectivity index (χ1v) is 6.25. The van der Waals surface area contributed by atoms with Crippen LogP contribution < -0.4 is 16.0 Å². The maximum Gasteiger partial charge on any atom is 0.319 e. The highest BCUT2D eigenvalue weighted by Crippen LogP contribution is 2.04. The van der Waals surface area contributed by atoms with E-state index in [1.165, 1.54) is 0 Å². The van der Waals surface area contributed by atoms with Crippen LogP contribution in [0.3, 0.4) is 0 Å². The number of morpholine rings is 1. The summed E-state index contributed by atoms with van der Waals surface area (Å²) in [5.74, 6) is 0. The molecule has 2 rings (SSSR count). The highest BCUT2D eigenvalue weighted by molar-refractivity contribution is 5.89. The predicted molar refractivity (Wildman–Crippen MR) is 70.7 cm³/mol. The third-order valence-corrected chi connectivity index (χ3v) is 2.81. The molecular weight excluding hydrogens is 230 g/mol. The minimum absolute atomic E-state index is 0.169. The van der Waals surface area contributed by atoms with Crippen LogP contribution in [0.5, 0.6) is 0 Å². The predicted octanol–water partition coefficient (Wildman–Crippen LogP) is 1.19. The highest BCUT2D eigenvalue weighted by atomic mass is 16.5. The second-order valence-corrected chi connectivity index (χ2v) is 4.26. The fraction of sp³-hybridized carbons (Fsp3) is 0.462. The van der Waals surface area contributed by atoms with Crippen LogP contribution in [-0.2, 0) is 4.74 Å². The van der Waals surface area contributed by atoms with Crippen molar-refractivity contribution in [1.29, 1.82) is 0 Å². The van der Waals surface area contributed by atoms with Crippen molar-refractivity contribution in [2.75, 3.05) is 31.6 Å². The van der Waals surface area contributed by atoms with Gasteiger partial charge in [0, 0.05) is 24.8 Å². The minimum atomic E-state index is -0.169. The number of carbonyl (C=O) groups excluding carboxylic acids is 1. The number of benzene rings is 1. The van der Waals surface area contributed by atoms with Crippen LogP contribution in [0.2, 0.25) is 0 Å². The van der Waals surface area contributed by atoms with Crippen molar-refractivity contribution in [3.05, 3.63) is 30.3 Å². The van der Waals surface area contributed by atoms with Crippen LogP contribution in [0.25, 0.3) is 0 Å². The molecule has 0 radical (unpaired) electrons. The Bertz CT molecular complexity index is 364. The summed E-state index contributed by atoms with van der Waals surface area (Å²) in [6.07, 6.45) is 0.877. The summed E-state index contributed by atoms with van der Waals surface area (Å²) in [4.78, 5) is 11.6. The van der Waals surface area contributed by atoms with Crippen molar-refractivity contribution in [1.82, 2.24) is 10.6 Å². The Labute approximate surface area is 107 Å². The van der Waals surface area contributed by atoms with Crippen molar-refractivity contribution in [2.45, 2.75) is 12.5 Å². The molecular formula is C13H19N3O2. The number of hydrogen-bond donors (Lipinski definition) is 3. The first-order chi connectivity index (χ1) is 8.84. The van der Waals surface area contributed by atoms with Crippen molar-refractivity contribution in [2.24, 2.45) is 0 Å². The van der Waals surface area contributed by atoms with E-state index in [9.17, 15) is 4.79 Å². The molecule has 1 fully saturated rings. The van der Waals surface area contributed by atoms with Crippen LogP contribution >= 0.6 is 0 Å². The summed E-state index contributed by atoms with van der Waals surface area (Å²) in [6, 6.07) is 9.58. The van der Waals surface area contributed by atoms with E-state index in [0.29, 0.717) is 12.6 Å². The lowest BCUT2D eigenvalue weighted by molar-refractivity contribution is 0.0745. The van der Waals surface area contributed by atoms with Gasteiger partial charge in [0.2, 0.25) is 0 Å². The van der Waals surface area contributed by atoms with Gasteiger partial charge in [-0.3, -0.25) is 0 Å². The lowest BCUT2D eigenvalue weighted by Gasteiger charge is -2.23. The smallest absolute Gasteiger partial charge is 0.319 e. The summed E-state index contributed by atoms with van der Waals surface area (Å²) in [6.45, 7) is 3.03. The summed E-state index contributed by atoms with van der Waals surface area (Å²) < 4.78 is 5.34. The average molecular weight is 249 g/mol. The molecule has 1 aromatic carbocycles. The summed E-state index contributed by atoms with van der Waals surface area (Å²) in [7, 11) is 0. The molecule has 3 N–H and O–H groups in total. The van der Waals surface area contributed by atoms with E-state index in [-0.39, 0.29) is 6.03 Å². The fourth-order valence-corrected chi connectivity index (χ4v) is 1.86. The van der Waals surface area contributed by atoms with Gasteiger partial charge in [-0.15, -0.1) is 0 Å². The number of amides is 2. The minimum Gasteiger partial charge on any atom is -0.379 e. The van der Waals surface area contributed by atoms with E-state index in [1.807, 2.05) is 30.3 Å². The van der Waals surface area contributed by atoms with Gasteiger partial charge in [-0.2, -0.15) is 0 Å². The number of nitrogens with one attached hydrogen (secondary N) is 3. The van der Waals surface area contributed by atoms with E-state index in [1.54, 1.807) is 0 Å². The van der Waals surface area contributed by atoms with Crippen LogP contribution in [0.15, 0.2) is 30.3 Å². The van der Waals surface area contributed by atoms with Crippen molar-refractivity contribution >= 4 is 11.7 Å². The molecule has 1 heterocycles. The van der Waals surface area contributed by atoms with Crippen LogP contribution in [0, 0.1) is 0 Å². The summed E-state index contributed by atoms with van der Waals surface area (Å²) in [5, 5.41) is 8.96. The molecule has 1 atom stereocenters. The second kappa shape index (κ2) is 6.98. The molecule has 1 aliphatic heterocycles. The van der Waals surface area contributed by atoms with Gasteiger partial charge in [0.15, 0.2) is 0 Å². The molecule has 98 valence electrons. The Morgan fingerprint density at radius 3 is 2.94 bits per heavy atom. The Balaban J connectivity index is 1.62. The molecule has 0 aliphatic carbocycles. The molecule has 5 nitrogen and oxygen atoms in total. The lowest BCUT2D eigenvalue weighted by atomic mass is 10.2. The van der Waals surface area contributed by atoms with Crippen molar-refractivity contribution < 1.29 is 9.53 Å². The molecule has 5 heteroatoms. The zero-order valence-corrected chi connectivity index (χ0v) is 10.3. The molecule has 1 aliphatic rings. The van der Waals surface area contributed by atoms with Gasteiger partial charge in [0.1, 0.15) is 0 Å². The monoisotopic (exact) mass is 249 g/mol. The Morgan fingerprint density at radius 2 is 2.22 bits per heavy atom. The SMILES string of the molecule is O=C(NCCC1COCCN1)Nc1ccccc1. The van der Waals surface area contributed by atoms with Gasteiger partial charge < -0.3 is 20.7 Å².